The van der Waals surface area contributed by atoms with Gasteiger partial charge in [-0.1, -0.05) is 41.9 Å². The molecule has 106 valence electrons. The highest BCUT2D eigenvalue weighted by Gasteiger charge is 2.16. The average molecular weight is 295 g/mol. The fourth-order valence-electron chi connectivity index (χ4n) is 1.86. The van der Waals surface area contributed by atoms with Crippen LogP contribution in [0.1, 0.15) is 17.2 Å². The van der Waals surface area contributed by atoms with Crippen LogP contribution < -0.4 is 16.2 Å². The van der Waals surface area contributed by atoms with Crippen molar-refractivity contribution in [1.29, 1.82) is 0 Å². The lowest BCUT2D eigenvalue weighted by Crippen LogP contribution is -2.21. The third kappa shape index (κ3) is 3.48. The van der Waals surface area contributed by atoms with E-state index in [0.29, 0.717) is 17.9 Å². The predicted molar refractivity (Wildman–Crippen MR) is 78.2 cm³/mol. The van der Waals surface area contributed by atoms with Crippen molar-refractivity contribution >= 4 is 11.6 Å². The molecule has 0 aliphatic carbocycles. The van der Waals surface area contributed by atoms with E-state index in [4.69, 9.17) is 27.8 Å². The monoisotopic (exact) mass is 294 g/mol. The summed E-state index contributed by atoms with van der Waals surface area (Å²) in [5.41, 5.74) is 12.9. The second-order valence-corrected chi connectivity index (χ2v) is 4.83. The summed E-state index contributed by atoms with van der Waals surface area (Å²) in [5.74, 6) is -0.0733. The fraction of sp³-hybridized carbons (Fsp3) is 0.200. The van der Waals surface area contributed by atoms with Gasteiger partial charge in [-0.15, -0.1) is 0 Å². The first-order chi connectivity index (χ1) is 9.61. The van der Waals surface area contributed by atoms with Gasteiger partial charge in [-0.25, -0.2) is 4.39 Å². The molecule has 2 rings (SSSR count). The highest BCUT2D eigenvalue weighted by atomic mass is 35.5. The van der Waals surface area contributed by atoms with Crippen LogP contribution in [0.25, 0.3) is 0 Å². The average Bonchev–Trinajstić information content (AvgIpc) is 2.46. The maximum Gasteiger partial charge on any atom is 0.143 e. The molecule has 0 aliphatic heterocycles. The Morgan fingerprint density at radius 1 is 1.20 bits per heavy atom. The summed E-state index contributed by atoms with van der Waals surface area (Å²) in [6.45, 7) is 0.512. The number of benzene rings is 2. The molecule has 0 radical (unpaired) electrons. The first-order valence-corrected chi connectivity index (χ1v) is 6.61. The molecule has 4 N–H and O–H groups in total. The molecule has 20 heavy (non-hydrogen) atoms. The number of ether oxygens (including phenoxy) is 1. The Hall–Kier alpha value is -1.62. The van der Waals surface area contributed by atoms with Crippen molar-refractivity contribution in [1.82, 2.24) is 0 Å². The van der Waals surface area contributed by atoms with Crippen molar-refractivity contribution in [3.63, 3.8) is 0 Å². The summed E-state index contributed by atoms with van der Waals surface area (Å²) < 4.78 is 19.1. The van der Waals surface area contributed by atoms with E-state index in [1.807, 2.05) is 30.3 Å². The molecule has 0 fully saturated rings. The lowest BCUT2D eigenvalue weighted by atomic mass is 10.1. The Kier molecular flexibility index (Phi) is 4.95. The first kappa shape index (κ1) is 14.8. The third-order valence-corrected chi connectivity index (χ3v) is 3.20. The van der Waals surface area contributed by atoms with Gasteiger partial charge in [0, 0.05) is 18.2 Å². The summed E-state index contributed by atoms with van der Waals surface area (Å²) in [5, 5.41) is 0.194. The second kappa shape index (κ2) is 6.70. The molecule has 0 saturated carbocycles. The second-order valence-electron chi connectivity index (χ2n) is 4.42. The van der Waals surface area contributed by atoms with Crippen molar-refractivity contribution in [3.05, 3.63) is 64.4 Å². The van der Waals surface area contributed by atoms with Crippen LogP contribution in [0, 0.1) is 5.82 Å². The van der Waals surface area contributed by atoms with Gasteiger partial charge >= 0.3 is 0 Å². The van der Waals surface area contributed by atoms with Crippen LogP contribution in [0.4, 0.5) is 4.39 Å². The van der Waals surface area contributed by atoms with Gasteiger partial charge < -0.3 is 16.2 Å². The Balaban J connectivity index is 2.26. The van der Waals surface area contributed by atoms with E-state index in [0.717, 1.165) is 5.56 Å². The zero-order valence-electron chi connectivity index (χ0n) is 10.9. The molecule has 0 aromatic heterocycles. The molecule has 0 amide bonds. The lowest BCUT2D eigenvalue weighted by Gasteiger charge is -2.17. The van der Waals surface area contributed by atoms with Crippen LogP contribution in [0.2, 0.25) is 5.02 Å². The van der Waals surface area contributed by atoms with Gasteiger partial charge in [0.1, 0.15) is 18.2 Å². The maximum absolute atomic E-state index is 13.4. The van der Waals surface area contributed by atoms with Gasteiger partial charge in [-0.2, -0.15) is 0 Å². The van der Waals surface area contributed by atoms with Crippen LogP contribution in [-0.2, 0) is 6.61 Å². The van der Waals surface area contributed by atoms with Gasteiger partial charge in [0.2, 0.25) is 0 Å². The number of hydrogen-bond donors (Lipinski definition) is 2. The van der Waals surface area contributed by atoms with Gasteiger partial charge in [0.05, 0.1) is 5.02 Å². The molecule has 5 heteroatoms. The molecular formula is C15H16ClFN2O. The van der Waals surface area contributed by atoms with E-state index in [-0.39, 0.29) is 11.6 Å². The van der Waals surface area contributed by atoms with E-state index in [2.05, 4.69) is 0 Å². The predicted octanol–water partition coefficient (Wildman–Crippen LogP) is 3.02. The topological polar surface area (TPSA) is 61.3 Å². The lowest BCUT2D eigenvalue weighted by molar-refractivity contribution is 0.300. The molecule has 1 unspecified atom stereocenters. The third-order valence-electron chi connectivity index (χ3n) is 2.92. The summed E-state index contributed by atoms with van der Waals surface area (Å²) >= 11 is 6.04. The summed E-state index contributed by atoms with van der Waals surface area (Å²) in [6.07, 6.45) is 0. The minimum Gasteiger partial charge on any atom is -0.487 e. The van der Waals surface area contributed by atoms with Crippen LogP contribution in [0.15, 0.2) is 42.5 Å². The number of hydrogen-bond acceptors (Lipinski definition) is 3. The smallest absolute Gasteiger partial charge is 0.143 e. The van der Waals surface area contributed by atoms with Crippen LogP contribution in [-0.4, -0.2) is 6.54 Å². The van der Waals surface area contributed by atoms with E-state index in [9.17, 15) is 4.39 Å². The van der Waals surface area contributed by atoms with Crippen LogP contribution in [0.3, 0.4) is 0 Å². The summed E-state index contributed by atoms with van der Waals surface area (Å²) in [6, 6.07) is 11.6. The maximum atomic E-state index is 13.4. The van der Waals surface area contributed by atoms with E-state index >= 15 is 0 Å². The fourth-order valence-corrected chi connectivity index (χ4v) is 2.13. The van der Waals surface area contributed by atoms with E-state index < -0.39 is 11.9 Å². The molecule has 0 spiro atoms. The van der Waals surface area contributed by atoms with E-state index in [1.165, 1.54) is 12.1 Å². The minimum atomic E-state index is -0.519. The number of nitrogens with two attached hydrogens (primary N) is 2. The van der Waals surface area contributed by atoms with Crippen molar-refractivity contribution in [2.75, 3.05) is 6.54 Å². The normalized spacial score (nSPS) is 12.2. The van der Waals surface area contributed by atoms with Crippen molar-refractivity contribution in [2.45, 2.75) is 12.6 Å². The highest BCUT2D eigenvalue weighted by Crippen LogP contribution is 2.33. The number of rotatable bonds is 5. The molecule has 0 heterocycles. The minimum absolute atomic E-state index is 0.182. The summed E-state index contributed by atoms with van der Waals surface area (Å²) in [4.78, 5) is 0. The van der Waals surface area contributed by atoms with Crippen molar-refractivity contribution < 1.29 is 9.13 Å². The molecule has 0 bridgehead atoms. The molecule has 0 aliphatic rings. The Morgan fingerprint density at radius 2 is 1.90 bits per heavy atom. The van der Waals surface area contributed by atoms with Gasteiger partial charge in [0.25, 0.3) is 0 Å². The highest BCUT2D eigenvalue weighted by molar-refractivity contribution is 6.32. The zero-order chi connectivity index (χ0) is 14.5. The SMILES string of the molecule is NCC(N)c1cc(F)cc(Cl)c1OCc1ccccc1. The molecule has 1 atom stereocenters. The van der Waals surface area contributed by atoms with Gasteiger partial charge in [-0.3, -0.25) is 0 Å². The van der Waals surface area contributed by atoms with Gasteiger partial charge in [-0.05, 0) is 17.7 Å². The van der Waals surface area contributed by atoms with Crippen molar-refractivity contribution in [2.24, 2.45) is 11.5 Å². The molecule has 3 nitrogen and oxygen atoms in total. The summed E-state index contributed by atoms with van der Waals surface area (Å²) in [7, 11) is 0. The Labute approximate surface area is 122 Å². The zero-order valence-corrected chi connectivity index (χ0v) is 11.6. The molecule has 0 saturated heterocycles. The van der Waals surface area contributed by atoms with E-state index in [1.54, 1.807) is 0 Å². The quantitative estimate of drug-likeness (QED) is 0.891. The molecule has 2 aromatic carbocycles. The van der Waals surface area contributed by atoms with Crippen LogP contribution in [0.5, 0.6) is 5.75 Å². The van der Waals surface area contributed by atoms with Gasteiger partial charge in [0.15, 0.2) is 0 Å². The standard InChI is InChI=1S/C15H16ClFN2O/c16-13-7-11(17)6-12(14(19)8-18)15(13)20-9-10-4-2-1-3-5-10/h1-7,14H,8-9,18-19H2. The van der Waals surface area contributed by atoms with Crippen molar-refractivity contribution in [3.8, 4) is 5.75 Å². The Bertz CT molecular complexity index is 578. The first-order valence-electron chi connectivity index (χ1n) is 6.23. The van der Waals surface area contributed by atoms with Crippen LogP contribution >= 0.6 is 11.6 Å². The number of halogens is 2. The Morgan fingerprint density at radius 3 is 2.55 bits per heavy atom. The molecular weight excluding hydrogens is 279 g/mol. The largest absolute Gasteiger partial charge is 0.487 e. The molecule has 2 aromatic rings.